The van der Waals surface area contributed by atoms with Crippen molar-refractivity contribution >= 4 is 29.2 Å². The van der Waals surface area contributed by atoms with Gasteiger partial charge in [0.15, 0.2) is 11.5 Å². The maximum absolute atomic E-state index is 11.4. The standard InChI is InChI=1S/C22H25Cl2NO5/c1-28-17-8-7-15(20(29-2)21(17)30-3)19(14-5-4-6-16(23)18(14)24)25-11-9-13(10-12-25)22(26)27/h4-8,13,19H,9-12H2,1-3H3,(H,26,27). The molecule has 0 spiro atoms. The molecule has 1 N–H and O–H groups in total. The Morgan fingerprint density at radius 3 is 2.23 bits per heavy atom. The van der Waals surface area contributed by atoms with Crippen LogP contribution < -0.4 is 14.2 Å². The van der Waals surface area contributed by atoms with Gasteiger partial charge in [0.25, 0.3) is 0 Å². The number of rotatable bonds is 7. The van der Waals surface area contributed by atoms with Crippen LogP contribution in [0.3, 0.4) is 0 Å². The molecule has 162 valence electrons. The van der Waals surface area contributed by atoms with Gasteiger partial charge >= 0.3 is 5.97 Å². The zero-order valence-electron chi connectivity index (χ0n) is 17.2. The topological polar surface area (TPSA) is 68.2 Å². The summed E-state index contributed by atoms with van der Waals surface area (Å²) in [7, 11) is 4.71. The maximum atomic E-state index is 11.4. The first-order chi connectivity index (χ1) is 14.4. The molecule has 1 saturated heterocycles. The number of nitrogens with zero attached hydrogens (tertiary/aromatic N) is 1. The fraction of sp³-hybridized carbons (Fsp3) is 0.409. The first kappa shape index (κ1) is 22.5. The van der Waals surface area contributed by atoms with Crippen LogP contribution in [0.5, 0.6) is 17.2 Å². The third kappa shape index (κ3) is 4.31. The lowest BCUT2D eigenvalue weighted by atomic mass is 9.90. The van der Waals surface area contributed by atoms with Gasteiger partial charge in [0.1, 0.15) is 0 Å². The van der Waals surface area contributed by atoms with Crippen LogP contribution >= 0.6 is 23.2 Å². The second kappa shape index (κ2) is 9.77. The maximum Gasteiger partial charge on any atom is 0.306 e. The molecule has 0 bridgehead atoms. The summed E-state index contributed by atoms with van der Waals surface area (Å²) in [6.07, 6.45) is 1.11. The second-order valence-corrected chi connectivity index (χ2v) is 7.90. The van der Waals surface area contributed by atoms with E-state index in [-0.39, 0.29) is 12.0 Å². The fourth-order valence-corrected chi connectivity index (χ4v) is 4.45. The summed E-state index contributed by atoms with van der Waals surface area (Å²) in [5.41, 5.74) is 1.66. The van der Waals surface area contributed by atoms with Crippen molar-refractivity contribution in [2.24, 2.45) is 5.92 Å². The molecule has 2 aromatic rings. The Bertz CT molecular complexity index is 913. The first-order valence-corrected chi connectivity index (χ1v) is 10.4. The van der Waals surface area contributed by atoms with Crippen LogP contribution in [-0.4, -0.2) is 50.4 Å². The average Bonchev–Trinajstić information content (AvgIpc) is 2.76. The molecule has 0 radical (unpaired) electrons. The van der Waals surface area contributed by atoms with Gasteiger partial charge in [0, 0.05) is 5.56 Å². The zero-order chi connectivity index (χ0) is 21.8. The van der Waals surface area contributed by atoms with E-state index in [1.165, 1.54) is 0 Å². The SMILES string of the molecule is COc1ccc(C(c2cccc(Cl)c2Cl)N2CCC(C(=O)O)CC2)c(OC)c1OC. The normalized spacial score (nSPS) is 16.2. The molecule has 1 fully saturated rings. The van der Waals surface area contributed by atoms with E-state index in [4.69, 9.17) is 37.4 Å². The van der Waals surface area contributed by atoms with Crippen molar-refractivity contribution < 1.29 is 24.1 Å². The predicted octanol–water partition coefficient (Wildman–Crippen LogP) is 4.91. The molecule has 0 aromatic heterocycles. The van der Waals surface area contributed by atoms with Crippen LogP contribution in [0.15, 0.2) is 30.3 Å². The van der Waals surface area contributed by atoms with Gasteiger partial charge in [-0.3, -0.25) is 9.69 Å². The van der Waals surface area contributed by atoms with Gasteiger partial charge in [-0.25, -0.2) is 0 Å². The quantitative estimate of drug-likeness (QED) is 0.642. The molecule has 2 aromatic carbocycles. The molecule has 0 amide bonds. The molecule has 3 rings (SSSR count). The van der Waals surface area contributed by atoms with Crippen LogP contribution in [0.1, 0.15) is 30.0 Å². The number of carboxylic acids is 1. The summed E-state index contributed by atoms with van der Waals surface area (Å²) < 4.78 is 16.7. The first-order valence-electron chi connectivity index (χ1n) is 9.62. The van der Waals surface area contributed by atoms with Gasteiger partial charge in [0.05, 0.1) is 43.3 Å². The molecule has 30 heavy (non-hydrogen) atoms. The summed E-state index contributed by atoms with van der Waals surface area (Å²) in [5, 5.41) is 10.3. The Morgan fingerprint density at radius 1 is 1.00 bits per heavy atom. The molecular weight excluding hydrogens is 429 g/mol. The highest BCUT2D eigenvalue weighted by atomic mass is 35.5. The minimum absolute atomic E-state index is 0.291. The van der Waals surface area contributed by atoms with E-state index in [9.17, 15) is 9.90 Å². The number of aliphatic carboxylic acids is 1. The van der Waals surface area contributed by atoms with Crippen molar-refractivity contribution in [3.8, 4) is 17.2 Å². The number of piperidine rings is 1. The molecule has 0 aliphatic carbocycles. The number of hydrogen-bond acceptors (Lipinski definition) is 5. The fourth-order valence-electron chi connectivity index (χ4n) is 4.04. The number of ether oxygens (including phenoxy) is 3. The van der Waals surface area contributed by atoms with Gasteiger partial charge in [-0.15, -0.1) is 0 Å². The number of carboxylic acid groups (broad SMARTS) is 1. The van der Waals surface area contributed by atoms with E-state index in [1.807, 2.05) is 24.3 Å². The molecule has 0 saturated carbocycles. The number of hydrogen-bond donors (Lipinski definition) is 1. The average molecular weight is 454 g/mol. The van der Waals surface area contributed by atoms with Crippen molar-refractivity contribution in [3.63, 3.8) is 0 Å². The number of methoxy groups -OCH3 is 3. The Balaban J connectivity index is 2.14. The highest BCUT2D eigenvalue weighted by Crippen LogP contribution is 2.47. The summed E-state index contributed by atoms with van der Waals surface area (Å²) in [5.74, 6) is 0.484. The van der Waals surface area contributed by atoms with Crippen molar-refractivity contribution in [2.45, 2.75) is 18.9 Å². The zero-order valence-corrected chi connectivity index (χ0v) is 18.7. The van der Waals surface area contributed by atoms with E-state index in [0.29, 0.717) is 53.2 Å². The molecular formula is C22H25Cl2NO5. The highest BCUT2D eigenvalue weighted by Gasteiger charge is 2.34. The summed E-state index contributed by atoms with van der Waals surface area (Å²) in [4.78, 5) is 13.6. The molecule has 1 atom stereocenters. The van der Waals surface area contributed by atoms with E-state index in [0.717, 1.165) is 11.1 Å². The van der Waals surface area contributed by atoms with Gasteiger partial charge in [0.2, 0.25) is 5.75 Å². The Kier molecular flexibility index (Phi) is 7.34. The monoisotopic (exact) mass is 453 g/mol. The second-order valence-electron chi connectivity index (χ2n) is 7.12. The molecule has 6 nitrogen and oxygen atoms in total. The minimum Gasteiger partial charge on any atom is -0.493 e. The number of carbonyl (C=O) groups is 1. The number of likely N-dealkylation sites (tertiary alicyclic amines) is 1. The van der Waals surface area contributed by atoms with E-state index in [1.54, 1.807) is 27.4 Å². The third-order valence-corrected chi connectivity index (χ3v) is 6.38. The summed E-state index contributed by atoms with van der Waals surface area (Å²) in [6, 6.07) is 8.98. The van der Waals surface area contributed by atoms with Crippen LogP contribution in [0.4, 0.5) is 0 Å². The molecule has 8 heteroatoms. The smallest absolute Gasteiger partial charge is 0.306 e. The van der Waals surface area contributed by atoms with E-state index >= 15 is 0 Å². The van der Waals surface area contributed by atoms with Gasteiger partial charge in [-0.05, 0) is 49.7 Å². The van der Waals surface area contributed by atoms with Crippen molar-refractivity contribution in [3.05, 3.63) is 51.5 Å². The number of halogens is 2. The molecule has 1 heterocycles. The lowest BCUT2D eigenvalue weighted by Crippen LogP contribution is -2.39. The van der Waals surface area contributed by atoms with E-state index < -0.39 is 5.97 Å². The minimum atomic E-state index is -0.754. The summed E-state index contributed by atoms with van der Waals surface area (Å²) in [6.45, 7) is 1.20. The van der Waals surface area contributed by atoms with Crippen LogP contribution in [0, 0.1) is 5.92 Å². The van der Waals surface area contributed by atoms with Gasteiger partial charge < -0.3 is 19.3 Å². The Hall–Kier alpha value is -2.15. The third-order valence-electron chi connectivity index (χ3n) is 5.55. The van der Waals surface area contributed by atoms with E-state index in [2.05, 4.69) is 4.90 Å². The van der Waals surface area contributed by atoms with Crippen LogP contribution in [0.25, 0.3) is 0 Å². The van der Waals surface area contributed by atoms with Crippen LogP contribution in [0.2, 0.25) is 10.0 Å². The van der Waals surface area contributed by atoms with Gasteiger partial charge in [-0.2, -0.15) is 0 Å². The molecule has 1 aliphatic heterocycles. The Morgan fingerprint density at radius 2 is 1.67 bits per heavy atom. The largest absolute Gasteiger partial charge is 0.493 e. The van der Waals surface area contributed by atoms with Crippen molar-refractivity contribution in [1.29, 1.82) is 0 Å². The predicted molar refractivity (Wildman–Crippen MR) is 116 cm³/mol. The van der Waals surface area contributed by atoms with Crippen LogP contribution in [-0.2, 0) is 4.79 Å². The lowest BCUT2D eigenvalue weighted by molar-refractivity contribution is -0.143. The summed E-state index contributed by atoms with van der Waals surface area (Å²) >= 11 is 12.9. The lowest BCUT2D eigenvalue weighted by Gasteiger charge is -2.38. The van der Waals surface area contributed by atoms with Crippen molar-refractivity contribution in [1.82, 2.24) is 4.90 Å². The Labute approximate surface area is 186 Å². The van der Waals surface area contributed by atoms with Gasteiger partial charge in [-0.1, -0.05) is 35.3 Å². The molecule has 1 aliphatic rings. The number of benzene rings is 2. The van der Waals surface area contributed by atoms with Crippen molar-refractivity contribution in [2.75, 3.05) is 34.4 Å². The molecule has 1 unspecified atom stereocenters. The highest BCUT2D eigenvalue weighted by molar-refractivity contribution is 6.42.